The molecular weight excluding hydrogens is 411 g/mol. The monoisotopic (exact) mass is 429 g/mol. The fraction of sp³-hybridized carbons (Fsp3) is 0.350. The molecule has 5 nitrogen and oxygen atoms in total. The molecule has 2 aliphatic rings. The van der Waals surface area contributed by atoms with Gasteiger partial charge in [0, 0.05) is 30.8 Å². The van der Waals surface area contributed by atoms with Crippen LogP contribution >= 0.6 is 12.4 Å². The van der Waals surface area contributed by atoms with E-state index in [4.69, 9.17) is 4.74 Å². The van der Waals surface area contributed by atoms with Crippen LogP contribution in [0.1, 0.15) is 34.0 Å². The van der Waals surface area contributed by atoms with Gasteiger partial charge in [-0.25, -0.2) is 4.79 Å². The SMILES string of the molecule is Cl.O=C1OC(Cc2ccc(OC(F)(F)F)cc2)c2ccc(N3CC[C@@H](O)C3)cc21. The molecule has 29 heavy (non-hydrogen) atoms. The van der Waals surface area contributed by atoms with Gasteiger partial charge >= 0.3 is 12.3 Å². The van der Waals surface area contributed by atoms with E-state index in [0.29, 0.717) is 24.9 Å². The molecule has 2 atom stereocenters. The van der Waals surface area contributed by atoms with Crippen molar-refractivity contribution in [3.63, 3.8) is 0 Å². The van der Waals surface area contributed by atoms with E-state index < -0.39 is 18.4 Å². The van der Waals surface area contributed by atoms with Gasteiger partial charge in [-0.15, -0.1) is 25.6 Å². The molecule has 1 fully saturated rings. The first-order valence-corrected chi connectivity index (χ1v) is 8.91. The predicted molar refractivity (Wildman–Crippen MR) is 102 cm³/mol. The van der Waals surface area contributed by atoms with E-state index in [0.717, 1.165) is 23.4 Å². The van der Waals surface area contributed by atoms with Crippen LogP contribution in [-0.2, 0) is 11.2 Å². The topological polar surface area (TPSA) is 59.0 Å². The number of carbonyl (C=O) groups excluding carboxylic acids is 1. The van der Waals surface area contributed by atoms with Crippen molar-refractivity contribution >= 4 is 24.1 Å². The Morgan fingerprint density at radius 3 is 2.52 bits per heavy atom. The third kappa shape index (κ3) is 4.76. The molecule has 1 N–H and O–H groups in total. The van der Waals surface area contributed by atoms with E-state index in [9.17, 15) is 23.1 Å². The molecular formula is C20H19ClF3NO4. The Morgan fingerprint density at radius 2 is 1.90 bits per heavy atom. The summed E-state index contributed by atoms with van der Waals surface area (Å²) in [5.74, 6) is -0.712. The van der Waals surface area contributed by atoms with Gasteiger partial charge in [0.1, 0.15) is 11.9 Å². The number of β-amino-alcohol motifs (C(OH)–C–C–N with tert-alkyl or cyclic N) is 1. The minimum absolute atomic E-state index is 0. The molecule has 0 spiro atoms. The molecule has 0 bridgehead atoms. The van der Waals surface area contributed by atoms with Crippen LogP contribution in [0.2, 0.25) is 0 Å². The number of aliphatic hydroxyl groups excluding tert-OH is 1. The molecule has 2 aromatic rings. The van der Waals surface area contributed by atoms with Crippen molar-refractivity contribution in [3.05, 3.63) is 59.2 Å². The highest BCUT2D eigenvalue weighted by Gasteiger charge is 2.33. The number of ether oxygens (including phenoxy) is 2. The highest BCUT2D eigenvalue weighted by molar-refractivity contribution is 5.95. The lowest BCUT2D eigenvalue weighted by atomic mass is 9.98. The second kappa shape index (κ2) is 8.12. The number of esters is 1. The standard InChI is InChI=1S/C20H18F3NO4.ClH/c21-20(22,23)28-15-4-1-12(2-5-15)9-18-16-6-3-13(10-17(16)19(26)27-18)24-8-7-14(25)11-24;/h1-6,10,14,18,25H,7-9,11H2;1H/t14-,18?;/m1./s1. The van der Waals surface area contributed by atoms with Crippen LogP contribution in [0.3, 0.4) is 0 Å². The average Bonchev–Trinajstić information content (AvgIpc) is 3.19. The van der Waals surface area contributed by atoms with E-state index in [-0.39, 0.29) is 24.3 Å². The van der Waals surface area contributed by atoms with Gasteiger partial charge in [0.05, 0.1) is 11.7 Å². The number of halogens is 4. The van der Waals surface area contributed by atoms with Gasteiger partial charge in [-0.3, -0.25) is 0 Å². The quantitative estimate of drug-likeness (QED) is 0.743. The van der Waals surface area contributed by atoms with Crippen LogP contribution in [0.25, 0.3) is 0 Å². The molecule has 2 aliphatic heterocycles. The first-order chi connectivity index (χ1) is 13.3. The summed E-state index contributed by atoms with van der Waals surface area (Å²) in [5, 5.41) is 9.69. The highest BCUT2D eigenvalue weighted by Crippen LogP contribution is 2.36. The molecule has 1 unspecified atom stereocenters. The summed E-state index contributed by atoms with van der Waals surface area (Å²) in [5.41, 5.74) is 2.83. The first kappa shape index (κ1) is 21.3. The summed E-state index contributed by atoms with van der Waals surface area (Å²) < 4.78 is 46.1. The van der Waals surface area contributed by atoms with Crippen molar-refractivity contribution in [1.82, 2.24) is 0 Å². The number of hydrogen-bond acceptors (Lipinski definition) is 5. The molecule has 0 amide bonds. The minimum atomic E-state index is -4.73. The number of anilines is 1. The maximum Gasteiger partial charge on any atom is 0.573 e. The average molecular weight is 430 g/mol. The van der Waals surface area contributed by atoms with Gasteiger partial charge in [0.15, 0.2) is 0 Å². The maximum absolute atomic E-state index is 12.3. The second-order valence-electron chi connectivity index (χ2n) is 6.95. The Morgan fingerprint density at radius 1 is 1.17 bits per heavy atom. The van der Waals surface area contributed by atoms with Crippen molar-refractivity contribution in [2.24, 2.45) is 0 Å². The lowest BCUT2D eigenvalue weighted by Crippen LogP contribution is -2.21. The van der Waals surface area contributed by atoms with E-state index >= 15 is 0 Å². The van der Waals surface area contributed by atoms with Crippen LogP contribution in [-0.4, -0.2) is 36.6 Å². The first-order valence-electron chi connectivity index (χ1n) is 8.91. The van der Waals surface area contributed by atoms with E-state index in [2.05, 4.69) is 4.74 Å². The number of nitrogens with zero attached hydrogens (tertiary/aromatic N) is 1. The van der Waals surface area contributed by atoms with Crippen molar-refractivity contribution in [2.75, 3.05) is 18.0 Å². The normalized spacial score (nSPS) is 20.8. The van der Waals surface area contributed by atoms with Gasteiger partial charge in [0.2, 0.25) is 0 Å². The number of carbonyl (C=O) groups is 1. The number of alkyl halides is 3. The zero-order chi connectivity index (χ0) is 19.9. The Kier molecular flexibility index (Phi) is 5.95. The molecule has 9 heteroatoms. The van der Waals surface area contributed by atoms with Crippen LogP contribution in [0.5, 0.6) is 5.75 Å². The molecule has 2 aromatic carbocycles. The molecule has 1 saturated heterocycles. The Hall–Kier alpha value is -2.45. The number of aliphatic hydroxyl groups is 1. The molecule has 0 saturated carbocycles. The van der Waals surface area contributed by atoms with Gasteiger partial charge < -0.3 is 19.5 Å². The Labute approximate surface area is 171 Å². The van der Waals surface area contributed by atoms with Crippen LogP contribution in [0.4, 0.5) is 18.9 Å². The lowest BCUT2D eigenvalue weighted by molar-refractivity contribution is -0.274. The van der Waals surface area contributed by atoms with E-state index in [1.54, 1.807) is 6.07 Å². The third-order valence-electron chi connectivity index (χ3n) is 4.96. The van der Waals surface area contributed by atoms with Gasteiger partial charge in [0.25, 0.3) is 0 Å². The molecule has 4 rings (SSSR count). The van der Waals surface area contributed by atoms with Crippen molar-refractivity contribution in [2.45, 2.75) is 31.4 Å². The smallest absolute Gasteiger partial charge is 0.454 e. The molecule has 156 valence electrons. The Bertz CT molecular complexity index is 888. The molecule has 2 heterocycles. The zero-order valence-corrected chi connectivity index (χ0v) is 16.0. The number of benzene rings is 2. The summed E-state index contributed by atoms with van der Waals surface area (Å²) in [4.78, 5) is 14.3. The predicted octanol–water partition coefficient (Wildman–Crippen LogP) is 4.03. The second-order valence-corrected chi connectivity index (χ2v) is 6.95. The summed E-state index contributed by atoms with van der Waals surface area (Å²) in [6.07, 6.45) is -4.54. The van der Waals surface area contributed by atoms with E-state index in [1.165, 1.54) is 24.3 Å². The summed E-state index contributed by atoms with van der Waals surface area (Å²) in [6, 6.07) is 11.0. The summed E-state index contributed by atoms with van der Waals surface area (Å²) in [7, 11) is 0. The summed E-state index contributed by atoms with van der Waals surface area (Å²) >= 11 is 0. The van der Waals surface area contributed by atoms with Crippen molar-refractivity contribution in [3.8, 4) is 5.75 Å². The molecule has 0 aliphatic carbocycles. The maximum atomic E-state index is 12.3. The van der Waals surface area contributed by atoms with E-state index in [1.807, 2.05) is 17.0 Å². The highest BCUT2D eigenvalue weighted by atomic mass is 35.5. The number of cyclic esters (lactones) is 1. The van der Waals surface area contributed by atoms with Crippen molar-refractivity contribution < 1.29 is 32.5 Å². The number of fused-ring (bicyclic) bond motifs is 1. The molecule has 0 radical (unpaired) electrons. The largest absolute Gasteiger partial charge is 0.573 e. The fourth-order valence-corrected chi connectivity index (χ4v) is 3.62. The van der Waals surface area contributed by atoms with Gasteiger partial charge in [-0.1, -0.05) is 18.2 Å². The molecule has 0 aromatic heterocycles. The fourth-order valence-electron chi connectivity index (χ4n) is 3.62. The number of rotatable bonds is 4. The van der Waals surface area contributed by atoms with Crippen LogP contribution < -0.4 is 9.64 Å². The minimum Gasteiger partial charge on any atom is -0.454 e. The zero-order valence-electron chi connectivity index (χ0n) is 15.2. The van der Waals surface area contributed by atoms with Crippen LogP contribution in [0.15, 0.2) is 42.5 Å². The lowest BCUT2D eigenvalue weighted by Gasteiger charge is -2.18. The van der Waals surface area contributed by atoms with Gasteiger partial charge in [-0.2, -0.15) is 0 Å². The van der Waals surface area contributed by atoms with Gasteiger partial charge in [-0.05, 0) is 36.2 Å². The third-order valence-corrected chi connectivity index (χ3v) is 4.96. The van der Waals surface area contributed by atoms with Crippen molar-refractivity contribution in [1.29, 1.82) is 0 Å². The summed E-state index contributed by atoms with van der Waals surface area (Å²) in [6.45, 7) is 1.26. The Balaban J connectivity index is 0.00000240. The van der Waals surface area contributed by atoms with Crippen LogP contribution in [0, 0.1) is 0 Å². The number of hydrogen-bond donors (Lipinski definition) is 1.